The molecule has 0 aliphatic heterocycles. The topological polar surface area (TPSA) is 120 Å². The van der Waals surface area contributed by atoms with Crippen LogP contribution >= 0.6 is 0 Å². The third-order valence-electron chi connectivity index (χ3n) is 4.45. The molecule has 0 fully saturated rings. The SMILES string of the molecule is NC(=O)c1nncc2c(Cc3ccccc3)n3cccc(OCC(=O)O)c3c12.[Bh]. The minimum absolute atomic E-state index is 0. The zero-order valence-electron chi connectivity index (χ0n) is 15.4. The average molecular weight is 646 g/mol. The maximum atomic E-state index is 12.0. The summed E-state index contributed by atoms with van der Waals surface area (Å²) < 4.78 is 7.33. The molecule has 4 aromatic rings. The van der Waals surface area contributed by atoms with E-state index in [1.807, 2.05) is 40.9 Å². The number of rotatable bonds is 6. The van der Waals surface area contributed by atoms with Crippen molar-refractivity contribution in [2.45, 2.75) is 6.42 Å². The average Bonchev–Trinajstić information content (AvgIpc) is 3.01. The second-order valence-corrected chi connectivity index (χ2v) is 6.23. The Hall–Kier alpha value is -4.94. The van der Waals surface area contributed by atoms with E-state index in [1.165, 1.54) is 0 Å². The normalized spacial score (nSPS) is 10.6. The summed E-state index contributed by atoms with van der Waals surface area (Å²) in [7, 11) is 0. The number of carbonyl (C=O) groups is 2. The molecule has 0 aliphatic rings. The van der Waals surface area contributed by atoms with Gasteiger partial charge in [0.1, 0.15) is 5.75 Å². The van der Waals surface area contributed by atoms with E-state index in [-0.39, 0.29) is 5.69 Å². The summed E-state index contributed by atoms with van der Waals surface area (Å²) in [5.74, 6) is -1.49. The van der Waals surface area contributed by atoms with Crippen molar-refractivity contribution in [2.24, 2.45) is 5.73 Å². The second-order valence-electron chi connectivity index (χ2n) is 6.23. The fraction of sp³-hybridized carbons (Fsp3) is 0.100. The number of carboxylic acids is 1. The molecule has 8 nitrogen and oxygen atoms in total. The van der Waals surface area contributed by atoms with E-state index in [4.69, 9.17) is 15.6 Å². The first-order valence-electron chi connectivity index (χ1n) is 8.52. The van der Waals surface area contributed by atoms with E-state index in [2.05, 4.69) is 10.2 Å². The molecule has 9 heteroatoms. The molecule has 1 amide bonds. The number of ether oxygens (including phenoxy) is 1. The Bertz CT molecular complexity index is 1210. The fourth-order valence-electron chi connectivity index (χ4n) is 3.33. The maximum Gasteiger partial charge on any atom is 0.341 e. The van der Waals surface area contributed by atoms with Crippen LogP contribution in [-0.4, -0.2) is 38.2 Å². The minimum atomic E-state index is -1.10. The zero-order valence-corrected chi connectivity index (χ0v) is 21.9. The Morgan fingerprint density at radius 1 is 1.14 bits per heavy atom. The zero-order chi connectivity index (χ0) is 19.7. The first-order valence-corrected chi connectivity index (χ1v) is 8.52. The number of pyridine rings is 1. The number of benzene rings is 1. The number of carbonyl (C=O) groups excluding carboxylic acids is 1. The standard InChI is InChI=1S/C20H16N4O4.Bh/c21-20(27)18-17-13(10-22-23-18)14(9-12-5-2-1-3-6-12)24-8-4-7-15(19(17)24)28-11-16(25)26;/h1-8,10H,9,11H2,(H2,21,27)(H,25,26);. The van der Waals surface area contributed by atoms with E-state index >= 15 is 0 Å². The van der Waals surface area contributed by atoms with Gasteiger partial charge in [-0.05, 0) is 17.7 Å². The van der Waals surface area contributed by atoms with Gasteiger partial charge < -0.3 is 20.0 Å². The van der Waals surface area contributed by atoms with Gasteiger partial charge in [0.2, 0.25) is 0 Å². The molecule has 4 rings (SSSR count). The number of nitrogens with two attached hydrogens (primary N) is 1. The van der Waals surface area contributed by atoms with Gasteiger partial charge in [-0.2, -0.15) is 5.10 Å². The third-order valence-corrected chi connectivity index (χ3v) is 4.45. The van der Waals surface area contributed by atoms with Crippen LogP contribution in [0.4, 0.5) is 0 Å². The van der Waals surface area contributed by atoms with Crippen molar-refractivity contribution in [1.82, 2.24) is 14.6 Å². The quantitative estimate of drug-likeness (QED) is 0.331. The number of aliphatic carboxylic acids is 1. The molecule has 3 aromatic heterocycles. The van der Waals surface area contributed by atoms with Crippen molar-refractivity contribution in [1.29, 1.82) is 0 Å². The van der Waals surface area contributed by atoms with Crippen molar-refractivity contribution in [3.63, 3.8) is 0 Å². The van der Waals surface area contributed by atoms with E-state index < -0.39 is 18.5 Å². The summed E-state index contributed by atoms with van der Waals surface area (Å²) in [5, 5.41) is 18.0. The molecular weight excluding hydrogens is 630 g/mol. The molecule has 0 bridgehead atoms. The molecule has 0 unspecified atom stereocenters. The number of carboxylic acid groups (broad SMARTS) is 1. The summed E-state index contributed by atoms with van der Waals surface area (Å²) in [4.78, 5) is 22.9. The van der Waals surface area contributed by atoms with Crippen molar-refractivity contribution in [2.75, 3.05) is 6.61 Å². The van der Waals surface area contributed by atoms with Gasteiger partial charge in [-0.1, -0.05) is 30.3 Å². The van der Waals surface area contributed by atoms with Crippen LogP contribution in [0.3, 0.4) is 0 Å². The van der Waals surface area contributed by atoms with Crippen LogP contribution in [0.1, 0.15) is 21.7 Å². The van der Waals surface area contributed by atoms with Crippen molar-refractivity contribution in [3.05, 3.63) is 71.8 Å². The first-order chi connectivity index (χ1) is 13.6. The van der Waals surface area contributed by atoms with Crippen molar-refractivity contribution in [3.8, 4) is 5.75 Å². The summed E-state index contributed by atoms with van der Waals surface area (Å²) in [5.41, 5.74) is 8.01. The number of fused-ring (bicyclic) bond motifs is 3. The molecule has 3 heterocycles. The maximum absolute atomic E-state index is 12.0. The summed E-state index contributed by atoms with van der Waals surface area (Å²) in [6.07, 6.45) is 3.97. The molecule has 0 saturated carbocycles. The van der Waals surface area contributed by atoms with E-state index in [9.17, 15) is 9.59 Å². The molecule has 0 atom stereocenters. The van der Waals surface area contributed by atoms with Gasteiger partial charge in [-0.15, -0.1) is 5.10 Å². The molecule has 0 radical (unpaired) electrons. The van der Waals surface area contributed by atoms with Gasteiger partial charge in [0, 0.05) is 29.1 Å². The predicted octanol–water partition coefficient (Wildman–Crippen LogP) is 2.04. The van der Waals surface area contributed by atoms with E-state index in [0.29, 0.717) is 28.5 Å². The molecular formula is C20H16BhN4O4. The van der Waals surface area contributed by atoms with Crippen LogP contribution < -0.4 is 10.5 Å². The first kappa shape index (κ1) is 18.8. The van der Waals surface area contributed by atoms with Crippen molar-refractivity contribution >= 4 is 28.2 Å². The molecule has 0 aliphatic carbocycles. The predicted molar refractivity (Wildman–Crippen MR) is 101 cm³/mol. The molecule has 3 N–H and O–H groups in total. The van der Waals surface area contributed by atoms with Crippen molar-refractivity contribution < 1.29 is 19.4 Å². The Kier molecular flexibility index (Phi) is 4.78. The Balaban J connectivity index is 0.00000240. The monoisotopic (exact) mass is 646 g/mol. The second kappa shape index (κ2) is 7.36. The molecule has 142 valence electrons. The van der Waals surface area contributed by atoms with Gasteiger partial charge in [0.05, 0.1) is 11.7 Å². The van der Waals surface area contributed by atoms with Gasteiger partial charge in [-0.3, -0.25) is 4.79 Å². The number of nitrogens with zero attached hydrogens (tertiary/aromatic N) is 3. The fourth-order valence-corrected chi connectivity index (χ4v) is 3.33. The van der Waals surface area contributed by atoms with Crippen LogP contribution in [-0.2, 0) is 11.2 Å². The molecule has 0 spiro atoms. The van der Waals surface area contributed by atoms with Crippen LogP contribution in [0, 0.1) is 0 Å². The van der Waals surface area contributed by atoms with Crippen LogP contribution in [0.5, 0.6) is 5.75 Å². The van der Waals surface area contributed by atoms with E-state index in [0.717, 1.165) is 11.3 Å². The van der Waals surface area contributed by atoms with Crippen LogP contribution in [0.25, 0.3) is 16.3 Å². The van der Waals surface area contributed by atoms with Gasteiger partial charge >= 0.3 is 5.97 Å². The smallest absolute Gasteiger partial charge is 0.341 e. The third kappa shape index (κ3) is 3.25. The number of amides is 1. The van der Waals surface area contributed by atoms with Crippen LogP contribution in [0.2, 0.25) is 0 Å². The Morgan fingerprint density at radius 2 is 1.90 bits per heavy atom. The molecule has 0 saturated heterocycles. The van der Waals surface area contributed by atoms with Gasteiger partial charge in [-0.25, -0.2) is 4.79 Å². The Labute approximate surface area is 159 Å². The number of aromatic nitrogens is 3. The molecule has 1 aromatic carbocycles. The van der Waals surface area contributed by atoms with Gasteiger partial charge in [0.15, 0.2) is 12.3 Å². The summed E-state index contributed by atoms with van der Waals surface area (Å²) >= 11 is 0. The number of hydrogen-bond donors (Lipinski definition) is 2. The number of hydrogen-bond acceptors (Lipinski definition) is 5. The van der Waals surface area contributed by atoms with Gasteiger partial charge in [0.25, 0.3) is 5.91 Å². The van der Waals surface area contributed by atoms with E-state index in [1.54, 1.807) is 18.3 Å². The molecule has 29 heavy (non-hydrogen) atoms. The minimum Gasteiger partial charge on any atom is -0.480 e. The number of primary amides is 1. The largest absolute Gasteiger partial charge is 0.480 e. The summed E-state index contributed by atoms with van der Waals surface area (Å²) in [6.45, 7) is -0.509. The Morgan fingerprint density at radius 3 is 2.59 bits per heavy atom. The van der Waals surface area contributed by atoms with Crippen LogP contribution in [0.15, 0.2) is 54.9 Å². The summed E-state index contributed by atoms with van der Waals surface area (Å²) in [6, 6.07) is 13.2.